The summed E-state index contributed by atoms with van der Waals surface area (Å²) in [6, 6.07) is 7.31. The predicted octanol–water partition coefficient (Wildman–Crippen LogP) is 3.19. The molecule has 15 heavy (non-hydrogen) atoms. The van der Waals surface area contributed by atoms with Crippen molar-refractivity contribution in [3.8, 4) is 0 Å². The average Bonchev–Trinajstić information content (AvgIpc) is 2.64. The Morgan fingerprint density at radius 3 is 2.73 bits per heavy atom. The summed E-state index contributed by atoms with van der Waals surface area (Å²) in [6.07, 6.45) is -0.675. The molecule has 0 aliphatic heterocycles. The van der Waals surface area contributed by atoms with Crippen LogP contribution in [0.4, 0.5) is 0 Å². The van der Waals surface area contributed by atoms with E-state index in [2.05, 4.69) is 4.98 Å². The van der Waals surface area contributed by atoms with Crippen LogP contribution in [0.2, 0.25) is 5.02 Å². The van der Waals surface area contributed by atoms with Gasteiger partial charge in [-0.15, -0.1) is 11.3 Å². The Balaban J connectivity index is 2.41. The molecule has 2 rings (SSSR count). The molecule has 0 amide bonds. The fraction of sp³-hybridized carbons (Fsp3) is 0.182. The third-order valence-corrected chi connectivity index (χ3v) is 3.56. The second-order valence-electron chi connectivity index (χ2n) is 3.23. The Morgan fingerprint density at radius 2 is 2.13 bits per heavy atom. The molecule has 0 fully saturated rings. The molecule has 2 aromatic rings. The zero-order valence-electron chi connectivity index (χ0n) is 8.14. The number of hydrogen-bond donors (Lipinski definition) is 1. The van der Waals surface area contributed by atoms with Crippen molar-refractivity contribution in [2.75, 3.05) is 0 Å². The molecule has 0 radical (unpaired) electrons. The highest BCUT2D eigenvalue weighted by Gasteiger charge is 2.17. The van der Waals surface area contributed by atoms with Crippen molar-refractivity contribution >= 4 is 22.9 Å². The molecule has 78 valence electrons. The second-order valence-corrected chi connectivity index (χ2v) is 4.52. The van der Waals surface area contributed by atoms with Crippen molar-refractivity contribution in [1.29, 1.82) is 0 Å². The molecule has 1 aromatic heterocycles. The maximum atomic E-state index is 10.1. The molecule has 1 heterocycles. The van der Waals surface area contributed by atoms with Gasteiger partial charge < -0.3 is 5.11 Å². The minimum atomic E-state index is -0.675. The van der Waals surface area contributed by atoms with Crippen molar-refractivity contribution in [3.63, 3.8) is 0 Å². The van der Waals surface area contributed by atoms with Crippen LogP contribution in [-0.4, -0.2) is 10.1 Å². The predicted molar refractivity (Wildman–Crippen MR) is 62.4 cm³/mol. The van der Waals surface area contributed by atoms with Crippen LogP contribution in [0.1, 0.15) is 22.2 Å². The van der Waals surface area contributed by atoms with Crippen LogP contribution in [0.3, 0.4) is 0 Å². The second kappa shape index (κ2) is 4.31. The Morgan fingerprint density at radius 1 is 1.40 bits per heavy atom. The van der Waals surface area contributed by atoms with Gasteiger partial charge in [0, 0.05) is 10.6 Å². The van der Waals surface area contributed by atoms with Crippen LogP contribution in [0.5, 0.6) is 0 Å². The molecule has 0 saturated carbocycles. The molecular weight excluding hydrogens is 230 g/mol. The van der Waals surface area contributed by atoms with Crippen molar-refractivity contribution < 1.29 is 5.11 Å². The number of nitrogens with zero attached hydrogens (tertiary/aromatic N) is 1. The molecule has 2 nitrogen and oxygen atoms in total. The highest BCUT2D eigenvalue weighted by atomic mass is 35.5. The Kier molecular flexibility index (Phi) is 3.05. The SMILES string of the molecule is Cc1ncsc1C(O)c1ccccc1Cl. The zero-order chi connectivity index (χ0) is 10.8. The van der Waals surface area contributed by atoms with Gasteiger partial charge in [0.1, 0.15) is 6.10 Å². The fourth-order valence-electron chi connectivity index (χ4n) is 1.41. The largest absolute Gasteiger partial charge is 0.383 e. The summed E-state index contributed by atoms with van der Waals surface area (Å²) >= 11 is 7.45. The van der Waals surface area contributed by atoms with Gasteiger partial charge in [-0.1, -0.05) is 29.8 Å². The van der Waals surface area contributed by atoms with Crippen molar-refractivity contribution in [3.05, 3.63) is 50.9 Å². The average molecular weight is 240 g/mol. The van der Waals surface area contributed by atoms with Crippen molar-refractivity contribution in [2.45, 2.75) is 13.0 Å². The Labute approximate surface area is 97.2 Å². The number of aliphatic hydroxyl groups is 1. The molecule has 0 spiro atoms. The smallest absolute Gasteiger partial charge is 0.116 e. The molecule has 4 heteroatoms. The van der Waals surface area contributed by atoms with E-state index in [9.17, 15) is 5.11 Å². The van der Waals surface area contributed by atoms with Crippen LogP contribution >= 0.6 is 22.9 Å². The van der Waals surface area contributed by atoms with Gasteiger partial charge in [0.05, 0.1) is 16.1 Å². The number of thiazole rings is 1. The number of aliphatic hydroxyl groups excluding tert-OH is 1. The first kappa shape index (κ1) is 10.6. The minimum absolute atomic E-state index is 0.581. The first-order chi connectivity index (χ1) is 7.20. The molecule has 0 aliphatic carbocycles. The highest BCUT2D eigenvalue weighted by Crippen LogP contribution is 2.31. The summed E-state index contributed by atoms with van der Waals surface area (Å²) in [6.45, 7) is 1.88. The number of aryl methyl sites for hydroxylation is 1. The maximum Gasteiger partial charge on any atom is 0.116 e. The number of hydrogen-bond acceptors (Lipinski definition) is 3. The molecular formula is C11H10ClNOS. The third-order valence-electron chi connectivity index (χ3n) is 2.23. The van der Waals surface area contributed by atoms with E-state index in [0.29, 0.717) is 5.02 Å². The summed E-state index contributed by atoms with van der Waals surface area (Å²) in [5.41, 5.74) is 3.31. The molecule has 0 bridgehead atoms. The maximum absolute atomic E-state index is 10.1. The van der Waals surface area contributed by atoms with Crippen molar-refractivity contribution in [1.82, 2.24) is 4.98 Å². The van der Waals surface area contributed by atoms with E-state index in [-0.39, 0.29) is 0 Å². The Hall–Kier alpha value is -0.900. The van der Waals surface area contributed by atoms with Crippen molar-refractivity contribution in [2.24, 2.45) is 0 Å². The van der Waals surface area contributed by atoms with Crippen LogP contribution in [0, 0.1) is 6.92 Å². The summed E-state index contributed by atoms with van der Waals surface area (Å²) in [7, 11) is 0. The summed E-state index contributed by atoms with van der Waals surface area (Å²) in [5, 5.41) is 10.7. The van der Waals surface area contributed by atoms with E-state index in [4.69, 9.17) is 11.6 Å². The van der Waals surface area contributed by atoms with E-state index < -0.39 is 6.10 Å². The number of aromatic nitrogens is 1. The first-order valence-corrected chi connectivity index (χ1v) is 5.78. The van der Waals surface area contributed by atoms with Gasteiger partial charge in [0.2, 0.25) is 0 Å². The zero-order valence-corrected chi connectivity index (χ0v) is 9.72. The van der Waals surface area contributed by atoms with E-state index in [1.54, 1.807) is 11.6 Å². The van der Waals surface area contributed by atoms with Gasteiger partial charge in [0.25, 0.3) is 0 Å². The lowest BCUT2D eigenvalue weighted by atomic mass is 10.1. The number of rotatable bonds is 2. The fourth-order valence-corrected chi connectivity index (χ4v) is 2.45. The lowest BCUT2D eigenvalue weighted by Gasteiger charge is -2.11. The van der Waals surface area contributed by atoms with Crippen LogP contribution in [0.15, 0.2) is 29.8 Å². The van der Waals surface area contributed by atoms with Crippen LogP contribution in [-0.2, 0) is 0 Å². The third kappa shape index (κ3) is 2.04. The number of halogens is 1. The van der Waals surface area contributed by atoms with Gasteiger partial charge in [-0.25, -0.2) is 4.98 Å². The van der Waals surface area contributed by atoms with Crippen LogP contribution < -0.4 is 0 Å². The van der Waals surface area contributed by atoms with Gasteiger partial charge >= 0.3 is 0 Å². The van der Waals surface area contributed by atoms with E-state index in [1.165, 1.54) is 11.3 Å². The van der Waals surface area contributed by atoms with Gasteiger partial charge in [-0.05, 0) is 13.0 Å². The van der Waals surface area contributed by atoms with Crippen LogP contribution in [0.25, 0.3) is 0 Å². The monoisotopic (exact) mass is 239 g/mol. The summed E-state index contributed by atoms with van der Waals surface area (Å²) in [5.74, 6) is 0. The number of benzene rings is 1. The quantitative estimate of drug-likeness (QED) is 0.873. The normalized spacial score (nSPS) is 12.7. The molecule has 0 saturated heterocycles. The van der Waals surface area contributed by atoms with Gasteiger partial charge in [-0.3, -0.25) is 0 Å². The van der Waals surface area contributed by atoms with E-state index >= 15 is 0 Å². The van der Waals surface area contributed by atoms with Gasteiger partial charge in [0.15, 0.2) is 0 Å². The minimum Gasteiger partial charge on any atom is -0.383 e. The lowest BCUT2D eigenvalue weighted by molar-refractivity contribution is 0.223. The Bertz CT molecular complexity index is 469. The lowest BCUT2D eigenvalue weighted by Crippen LogP contribution is -1.99. The standard InChI is InChI=1S/C11H10ClNOS/c1-7-11(15-6-13-7)10(14)8-4-2-3-5-9(8)12/h2-6,10,14H,1H3. The first-order valence-electron chi connectivity index (χ1n) is 4.52. The molecule has 0 aliphatic rings. The highest BCUT2D eigenvalue weighted by molar-refractivity contribution is 7.09. The molecule has 1 atom stereocenters. The summed E-state index contributed by atoms with van der Waals surface area (Å²) < 4.78 is 0. The van der Waals surface area contributed by atoms with Gasteiger partial charge in [-0.2, -0.15) is 0 Å². The van der Waals surface area contributed by atoms with E-state index in [1.807, 2.05) is 25.1 Å². The van der Waals surface area contributed by atoms with E-state index in [0.717, 1.165) is 16.1 Å². The molecule has 1 aromatic carbocycles. The molecule has 1 unspecified atom stereocenters. The molecule has 1 N–H and O–H groups in total. The topological polar surface area (TPSA) is 33.1 Å². The summed E-state index contributed by atoms with van der Waals surface area (Å²) in [4.78, 5) is 4.96.